The molecular formula is C19H16N2O5. The molecule has 3 rings (SSSR count). The number of hydrogen-bond acceptors (Lipinski definition) is 6. The molecule has 1 unspecified atom stereocenters. The Hall–Kier alpha value is -3.53. The second-order valence-corrected chi connectivity index (χ2v) is 5.70. The van der Waals surface area contributed by atoms with Gasteiger partial charge in [-0.1, -0.05) is 0 Å². The number of benzene rings is 2. The number of primary amides is 1. The van der Waals surface area contributed by atoms with E-state index in [1.807, 2.05) is 0 Å². The molecule has 1 atom stereocenters. The third-order valence-corrected chi connectivity index (χ3v) is 4.12. The van der Waals surface area contributed by atoms with Gasteiger partial charge in [0.05, 0.1) is 25.2 Å². The first-order valence-corrected chi connectivity index (χ1v) is 7.90. The average Bonchev–Trinajstić information content (AvgIpc) is 2.66. The zero-order valence-corrected chi connectivity index (χ0v) is 14.0. The largest absolute Gasteiger partial charge is 0.493 e. The molecule has 7 heteroatoms. The molecule has 1 aliphatic heterocycles. The van der Waals surface area contributed by atoms with Gasteiger partial charge in [-0.25, -0.2) is 0 Å². The van der Waals surface area contributed by atoms with Crippen LogP contribution < -0.4 is 15.2 Å². The molecule has 132 valence electrons. The molecule has 2 aromatic carbocycles. The molecule has 2 aromatic rings. The molecule has 0 aromatic heterocycles. The summed E-state index contributed by atoms with van der Waals surface area (Å²) in [7, 11) is 1.33. The summed E-state index contributed by atoms with van der Waals surface area (Å²) in [6, 6.07) is 11.5. The van der Waals surface area contributed by atoms with Crippen molar-refractivity contribution in [3.63, 3.8) is 0 Å². The van der Waals surface area contributed by atoms with Crippen molar-refractivity contribution in [3.8, 4) is 23.3 Å². The second kappa shape index (κ2) is 7.15. The molecule has 0 saturated heterocycles. The summed E-state index contributed by atoms with van der Waals surface area (Å²) in [5, 5.41) is 9.45. The van der Waals surface area contributed by atoms with Crippen LogP contribution in [0.5, 0.6) is 17.2 Å². The van der Waals surface area contributed by atoms with Gasteiger partial charge >= 0.3 is 5.97 Å². The van der Waals surface area contributed by atoms with Crippen LogP contribution in [0.1, 0.15) is 33.8 Å². The number of nitrogens with zero attached hydrogens (tertiary/aromatic N) is 1. The lowest BCUT2D eigenvalue weighted by atomic mass is 9.91. The number of carbonyl (C=O) groups excluding carboxylic acids is 2. The Morgan fingerprint density at radius 1 is 1.27 bits per heavy atom. The maximum absolute atomic E-state index is 12.0. The lowest BCUT2D eigenvalue weighted by Gasteiger charge is -2.25. The van der Waals surface area contributed by atoms with E-state index in [2.05, 4.69) is 6.07 Å². The van der Waals surface area contributed by atoms with E-state index in [9.17, 15) is 14.9 Å². The molecule has 7 nitrogen and oxygen atoms in total. The smallest absolute Gasteiger partial charge is 0.313 e. The van der Waals surface area contributed by atoms with Crippen LogP contribution in [-0.2, 0) is 9.53 Å². The molecule has 0 bridgehead atoms. The Balaban J connectivity index is 1.95. The van der Waals surface area contributed by atoms with E-state index in [-0.39, 0.29) is 11.5 Å². The first-order valence-electron chi connectivity index (χ1n) is 7.90. The lowest BCUT2D eigenvalue weighted by Crippen LogP contribution is -2.22. The number of methoxy groups -OCH3 is 1. The van der Waals surface area contributed by atoms with Crippen molar-refractivity contribution in [2.45, 2.75) is 12.3 Å². The van der Waals surface area contributed by atoms with E-state index < -0.39 is 11.8 Å². The van der Waals surface area contributed by atoms with Gasteiger partial charge in [-0.05, 0) is 36.8 Å². The Bertz CT molecular complexity index is 899. The van der Waals surface area contributed by atoms with Crippen molar-refractivity contribution >= 4 is 11.9 Å². The lowest BCUT2D eigenvalue weighted by molar-refractivity contribution is -0.143. The fourth-order valence-corrected chi connectivity index (χ4v) is 2.79. The summed E-state index contributed by atoms with van der Waals surface area (Å²) in [6.07, 6.45) is 0.485. The summed E-state index contributed by atoms with van der Waals surface area (Å²) < 4.78 is 16.2. The van der Waals surface area contributed by atoms with Gasteiger partial charge in [0.2, 0.25) is 5.91 Å². The van der Waals surface area contributed by atoms with Crippen molar-refractivity contribution in [2.24, 2.45) is 5.73 Å². The van der Waals surface area contributed by atoms with Crippen molar-refractivity contribution in [1.82, 2.24) is 0 Å². The van der Waals surface area contributed by atoms with Gasteiger partial charge in [0.1, 0.15) is 23.3 Å². The van der Waals surface area contributed by atoms with Crippen molar-refractivity contribution < 1.29 is 23.8 Å². The van der Waals surface area contributed by atoms with Gasteiger partial charge in [-0.15, -0.1) is 0 Å². The van der Waals surface area contributed by atoms with Crippen LogP contribution in [0, 0.1) is 11.3 Å². The summed E-state index contributed by atoms with van der Waals surface area (Å²) in [5.74, 6) is -0.163. The Kier molecular flexibility index (Phi) is 4.76. The highest BCUT2D eigenvalue weighted by atomic mass is 16.5. The minimum absolute atomic E-state index is 0.266. The number of amides is 1. The zero-order valence-electron chi connectivity index (χ0n) is 14.0. The third kappa shape index (κ3) is 3.30. The molecule has 1 heterocycles. The van der Waals surface area contributed by atoms with Crippen LogP contribution in [0.25, 0.3) is 0 Å². The monoisotopic (exact) mass is 352 g/mol. The number of ether oxygens (including phenoxy) is 3. The first-order chi connectivity index (χ1) is 12.5. The third-order valence-electron chi connectivity index (χ3n) is 4.12. The first kappa shape index (κ1) is 17.3. The maximum Gasteiger partial charge on any atom is 0.313 e. The summed E-state index contributed by atoms with van der Waals surface area (Å²) >= 11 is 0. The van der Waals surface area contributed by atoms with Crippen LogP contribution in [0.2, 0.25) is 0 Å². The number of hydrogen-bond donors (Lipinski definition) is 1. The molecule has 0 aliphatic carbocycles. The molecule has 26 heavy (non-hydrogen) atoms. The molecule has 1 aliphatic rings. The Labute approximate surface area is 149 Å². The SMILES string of the molecule is COC(=O)C1CCOc2cc(Oc3ccc(C(N)=O)cc3)c(C#N)cc21. The molecule has 0 saturated carbocycles. The van der Waals surface area contributed by atoms with E-state index >= 15 is 0 Å². The predicted octanol–water partition coefficient (Wildman–Crippen LogP) is 2.49. The minimum Gasteiger partial charge on any atom is -0.493 e. The number of carbonyl (C=O) groups is 2. The van der Waals surface area contributed by atoms with E-state index in [1.54, 1.807) is 24.3 Å². The topological polar surface area (TPSA) is 112 Å². The van der Waals surface area contributed by atoms with Crippen LogP contribution in [0.4, 0.5) is 0 Å². The van der Waals surface area contributed by atoms with Gasteiger partial charge in [-0.3, -0.25) is 9.59 Å². The number of esters is 1. The van der Waals surface area contributed by atoms with E-state index in [4.69, 9.17) is 19.9 Å². The highest BCUT2D eigenvalue weighted by molar-refractivity contribution is 5.92. The van der Waals surface area contributed by atoms with E-state index in [0.717, 1.165) is 0 Å². The molecule has 0 spiro atoms. The summed E-state index contributed by atoms with van der Waals surface area (Å²) in [4.78, 5) is 23.1. The quantitative estimate of drug-likeness (QED) is 0.846. The van der Waals surface area contributed by atoms with Crippen molar-refractivity contribution in [1.29, 1.82) is 5.26 Å². The van der Waals surface area contributed by atoms with Crippen molar-refractivity contribution in [3.05, 3.63) is 53.1 Å². The average molecular weight is 352 g/mol. The fourth-order valence-electron chi connectivity index (χ4n) is 2.79. The molecule has 2 N–H and O–H groups in total. The highest BCUT2D eigenvalue weighted by Gasteiger charge is 2.30. The molecular weight excluding hydrogens is 336 g/mol. The van der Waals surface area contributed by atoms with Crippen LogP contribution in [0.3, 0.4) is 0 Å². The molecule has 1 amide bonds. The highest BCUT2D eigenvalue weighted by Crippen LogP contribution is 2.40. The predicted molar refractivity (Wildman–Crippen MR) is 91.1 cm³/mol. The van der Waals surface area contributed by atoms with Gasteiger partial charge in [0.15, 0.2) is 0 Å². The van der Waals surface area contributed by atoms with Gasteiger partial charge in [0.25, 0.3) is 0 Å². The number of nitriles is 1. The van der Waals surface area contributed by atoms with Crippen LogP contribution in [0.15, 0.2) is 36.4 Å². The van der Waals surface area contributed by atoms with Crippen molar-refractivity contribution in [2.75, 3.05) is 13.7 Å². The van der Waals surface area contributed by atoms with Gasteiger partial charge in [0, 0.05) is 17.2 Å². The maximum atomic E-state index is 12.0. The van der Waals surface area contributed by atoms with Gasteiger partial charge in [-0.2, -0.15) is 5.26 Å². The molecule has 0 fully saturated rings. The summed E-state index contributed by atoms with van der Waals surface area (Å²) in [5.41, 5.74) is 6.44. The van der Waals surface area contributed by atoms with Gasteiger partial charge < -0.3 is 19.9 Å². The normalized spacial score (nSPS) is 15.2. The summed E-state index contributed by atoms with van der Waals surface area (Å²) in [6.45, 7) is 0.366. The number of nitrogens with two attached hydrogens (primary N) is 1. The van der Waals surface area contributed by atoms with Crippen LogP contribution >= 0.6 is 0 Å². The second-order valence-electron chi connectivity index (χ2n) is 5.70. The fraction of sp³-hybridized carbons (Fsp3) is 0.211. The standard InChI is InChI=1S/C19H16N2O5/c1-24-19(23)14-6-7-25-17-9-16(12(10-20)8-15(14)17)26-13-4-2-11(3-5-13)18(21)22/h2-5,8-9,14H,6-7H2,1H3,(H2,21,22). The Morgan fingerprint density at radius 2 is 2.00 bits per heavy atom. The van der Waals surface area contributed by atoms with E-state index in [1.165, 1.54) is 19.2 Å². The van der Waals surface area contributed by atoms with Crippen LogP contribution in [-0.4, -0.2) is 25.6 Å². The minimum atomic E-state index is -0.537. The van der Waals surface area contributed by atoms with E-state index in [0.29, 0.717) is 41.4 Å². The number of rotatable bonds is 4. The zero-order chi connectivity index (χ0) is 18.7. The Morgan fingerprint density at radius 3 is 2.62 bits per heavy atom. The number of fused-ring (bicyclic) bond motifs is 1. The molecule has 0 radical (unpaired) electrons.